The Balaban J connectivity index is 2.79. The summed E-state index contributed by atoms with van der Waals surface area (Å²) in [6.07, 6.45) is 0.447. The van der Waals surface area contributed by atoms with Crippen molar-refractivity contribution in [3.63, 3.8) is 0 Å². The van der Waals surface area contributed by atoms with Gasteiger partial charge in [0, 0.05) is 39.3 Å². The van der Waals surface area contributed by atoms with Crippen molar-refractivity contribution in [1.29, 1.82) is 0 Å². The lowest BCUT2D eigenvalue weighted by Crippen LogP contribution is -2.51. The number of nitrogens with zero attached hydrogens (tertiary/aromatic N) is 1. The average molecular weight is 296 g/mol. The lowest BCUT2D eigenvalue weighted by molar-refractivity contribution is -0.127. The molecule has 0 saturated heterocycles. The predicted molar refractivity (Wildman–Crippen MR) is 84.3 cm³/mol. The Bertz CT molecular complexity index is 424. The molecular formula is C16H28N2O3. The standard InChI is InChI=1S/C16H28N2O3/c1-16(12-17,10-15(20-4)21-5)18(2)11-13-7-6-8-14(9-13)19-3/h6-9,15H,10-12,17H2,1-5H3. The van der Waals surface area contributed by atoms with E-state index < -0.39 is 0 Å². The van der Waals surface area contributed by atoms with Crippen molar-refractivity contribution in [2.75, 3.05) is 34.9 Å². The van der Waals surface area contributed by atoms with Crippen molar-refractivity contribution in [2.24, 2.45) is 5.73 Å². The summed E-state index contributed by atoms with van der Waals surface area (Å²) in [5.74, 6) is 0.863. The number of benzene rings is 1. The third-order valence-electron chi connectivity index (χ3n) is 4.05. The van der Waals surface area contributed by atoms with Crippen molar-refractivity contribution in [3.8, 4) is 5.75 Å². The number of hydrogen-bond donors (Lipinski definition) is 1. The molecule has 0 radical (unpaired) electrons. The van der Waals surface area contributed by atoms with E-state index in [0.717, 1.165) is 12.3 Å². The van der Waals surface area contributed by atoms with Crippen molar-refractivity contribution in [3.05, 3.63) is 29.8 Å². The molecule has 0 aromatic heterocycles. The minimum absolute atomic E-state index is 0.209. The number of rotatable bonds is 9. The highest BCUT2D eigenvalue weighted by Crippen LogP contribution is 2.23. The molecule has 0 saturated carbocycles. The summed E-state index contributed by atoms with van der Waals surface area (Å²) in [6.45, 7) is 3.43. The maximum absolute atomic E-state index is 6.00. The number of likely N-dealkylation sites (N-methyl/N-ethyl adjacent to an activating group) is 1. The van der Waals surface area contributed by atoms with Gasteiger partial charge >= 0.3 is 0 Å². The minimum Gasteiger partial charge on any atom is -0.497 e. The Morgan fingerprint density at radius 3 is 2.43 bits per heavy atom. The molecule has 0 aliphatic rings. The second-order valence-corrected chi connectivity index (χ2v) is 5.51. The molecule has 0 spiro atoms. The molecule has 0 aliphatic carbocycles. The molecule has 21 heavy (non-hydrogen) atoms. The van der Waals surface area contributed by atoms with Crippen LogP contribution in [0.4, 0.5) is 0 Å². The van der Waals surface area contributed by atoms with Crippen molar-refractivity contribution < 1.29 is 14.2 Å². The van der Waals surface area contributed by atoms with E-state index in [1.165, 1.54) is 5.56 Å². The Hall–Kier alpha value is -1.14. The van der Waals surface area contributed by atoms with Crippen LogP contribution in [-0.4, -0.2) is 51.7 Å². The fourth-order valence-corrected chi connectivity index (χ4v) is 2.25. The molecule has 120 valence electrons. The van der Waals surface area contributed by atoms with Crippen molar-refractivity contribution in [1.82, 2.24) is 4.90 Å². The van der Waals surface area contributed by atoms with Crippen molar-refractivity contribution in [2.45, 2.75) is 31.7 Å². The summed E-state index contributed by atoms with van der Waals surface area (Å²) in [5, 5.41) is 0. The number of nitrogens with two attached hydrogens (primary N) is 1. The van der Waals surface area contributed by atoms with E-state index in [1.807, 2.05) is 18.2 Å². The average Bonchev–Trinajstić information content (AvgIpc) is 2.52. The zero-order valence-corrected chi connectivity index (χ0v) is 13.8. The topological polar surface area (TPSA) is 57.0 Å². The maximum atomic E-state index is 6.00. The van der Waals surface area contributed by atoms with Gasteiger partial charge in [0.1, 0.15) is 5.75 Å². The van der Waals surface area contributed by atoms with Gasteiger partial charge in [-0.05, 0) is 31.7 Å². The largest absolute Gasteiger partial charge is 0.497 e. The van der Waals surface area contributed by atoms with Crippen LogP contribution in [0.15, 0.2) is 24.3 Å². The molecule has 0 amide bonds. The lowest BCUT2D eigenvalue weighted by atomic mass is 9.94. The normalized spacial score (nSPS) is 14.5. The third kappa shape index (κ3) is 4.97. The molecule has 1 rings (SSSR count). The first kappa shape index (κ1) is 17.9. The van der Waals surface area contributed by atoms with Gasteiger partial charge in [0.25, 0.3) is 0 Å². The van der Waals surface area contributed by atoms with E-state index >= 15 is 0 Å². The second-order valence-electron chi connectivity index (χ2n) is 5.51. The highest BCUT2D eigenvalue weighted by atomic mass is 16.7. The van der Waals surface area contributed by atoms with Gasteiger partial charge in [-0.2, -0.15) is 0 Å². The molecule has 1 atom stereocenters. The van der Waals surface area contributed by atoms with Gasteiger partial charge < -0.3 is 19.9 Å². The second kappa shape index (κ2) is 8.34. The maximum Gasteiger partial charge on any atom is 0.158 e. The van der Waals surface area contributed by atoms with Gasteiger partial charge in [0.15, 0.2) is 6.29 Å². The monoisotopic (exact) mass is 296 g/mol. The molecule has 5 nitrogen and oxygen atoms in total. The molecule has 0 fully saturated rings. The highest BCUT2D eigenvalue weighted by Gasteiger charge is 2.31. The zero-order valence-electron chi connectivity index (χ0n) is 13.8. The number of ether oxygens (including phenoxy) is 3. The van der Waals surface area contributed by atoms with Crippen LogP contribution in [0.1, 0.15) is 18.9 Å². The van der Waals surface area contributed by atoms with Gasteiger partial charge in [0.2, 0.25) is 0 Å². The molecule has 0 heterocycles. The first-order valence-corrected chi connectivity index (χ1v) is 7.09. The van der Waals surface area contributed by atoms with E-state index in [-0.39, 0.29) is 11.8 Å². The molecule has 1 aromatic rings. The van der Waals surface area contributed by atoms with Gasteiger partial charge in [-0.15, -0.1) is 0 Å². The van der Waals surface area contributed by atoms with Crippen LogP contribution in [0.25, 0.3) is 0 Å². The fourth-order valence-electron chi connectivity index (χ4n) is 2.25. The molecule has 0 bridgehead atoms. The Morgan fingerprint density at radius 1 is 1.24 bits per heavy atom. The molecular weight excluding hydrogens is 268 g/mol. The van der Waals surface area contributed by atoms with Gasteiger partial charge in [-0.1, -0.05) is 12.1 Å². The summed E-state index contributed by atoms with van der Waals surface area (Å²) >= 11 is 0. The summed E-state index contributed by atoms with van der Waals surface area (Å²) in [7, 11) is 7.03. The third-order valence-corrected chi connectivity index (χ3v) is 4.05. The summed E-state index contributed by atoms with van der Waals surface area (Å²) < 4.78 is 15.9. The quantitative estimate of drug-likeness (QED) is 0.705. The van der Waals surface area contributed by atoms with Crippen LogP contribution >= 0.6 is 0 Å². The van der Waals surface area contributed by atoms with Gasteiger partial charge in [-0.25, -0.2) is 0 Å². The van der Waals surface area contributed by atoms with E-state index in [0.29, 0.717) is 13.0 Å². The Morgan fingerprint density at radius 2 is 1.90 bits per heavy atom. The number of hydrogen-bond acceptors (Lipinski definition) is 5. The van der Waals surface area contributed by atoms with Crippen molar-refractivity contribution >= 4 is 0 Å². The smallest absolute Gasteiger partial charge is 0.158 e. The van der Waals surface area contributed by atoms with Crippen LogP contribution < -0.4 is 10.5 Å². The lowest BCUT2D eigenvalue weighted by Gasteiger charge is -2.39. The Labute approximate surface area is 128 Å². The van der Waals surface area contributed by atoms with Gasteiger partial charge in [-0.3, -0.25) is 4.90 Å². The molecule has 0 aliphatic heterocycles. The molecule has 1 unspecified atom stereocenters. The van der Waals surface area contributed by atoms with Crippen LogP contribution in [0.5, 0.6) is 5.75 Å². The molecule has 1 aromatic carbocycles. The van der Waals surface area contributed by atoms with E-state index in [9.17, 15) is 0 Å². The van der Waals surface area contributed by atoms with Gasteiger partial charge in [0.05, 0.1) is 7.11 Å². The predicted octanol–water partition coefficient (Wildman–Crippen LogP) is 1.85. The first-order chi connectivity index (χ1) is 9.98. The highest BCUT2D eigenvalue weighted by molar-refractivity contribution is 5.28. The molecule has 5 heteroatoms. The minimum atomic E-state index is -0.258. The van der Waals surface area contributed by atoms with Crippen LogP contribution in [0, 0.1) is 0 Å². The van der Waals surface area contributed by atoms with E-state index in [2.05, 4.69) is 24.9 Å². The summed E-state index contributed by atoms with van der Waals surface area (Å²) in [5.41, 5.74) is 6.97. The van der Waals surface area contributed by atoms with E-state index in [1.54, 1.807) is 21.3 Å². The van der Waals surface area contributed by atoms with Crippen LogP contribution in [-0.2, 0) is 16.0 Å². The van der Waals surface area contributed by atoms with Crippen LogP contribution in [0.2, 0.25) is 0 Å². The molecule has 2 N–H and O–H groups in total. The van der Waals surface area contributed by atoms with Crippen LogP contribution in [0.3, 0.4) is 0 Å². The first-order valence-electron chi connectivity index (χ1n) is 7.09. The zero-order chi connectivity index (χ0) is 15.9. The summed E-state index contributed by atoms with van der Waals surface area (Å²) in [4.78, 5) is 2.23. The fraction of sp³-hybridized carbons (Fsp3) is 0.625. The Kier molecular flexibility index (Phi) is 7.11. The SMILES string of the molecule is COc1cccc(CN(C)C(C)(CN)CC(OC)OC)c1. The number of methoxy groups -OCH3 is 3. The summed E-state index contributed by atoms with van der Waals surface area (Å²) in [6, 6.07) is 8.06. The van der Waals surface area contributed by atoms with E-state index in [4.69, 9.17) is 19.9 Å².